The number of halogens is 8. The highest BCUT2D eigenvalue weighted by Crippen LogP contribution is 2.44. The molecule has 0 fully saturated rings. The lowest BCUT2D eigenvalue weighted by Gasteiger charge is -2.30. The number of carboxylic acid groups (broad SMARTS) is 2. The van der Waals surface area contributed by atoms with E-state index in [1.54, 1.807) is 0 Å². The molecule has 0 spiro atoms. The third-order valence-corrected chi connectivity index (χ3v) is 1.54. The number of carbonyl (C=O) groups is 2. The summed E-state index contributed by atoms with van der Waals surface area (Å²) in [5.74, 6) is -19.9. The van der Waals surface area contributed by atoms with Gasteiger partial charge in [0, 0.05) is 0 Å². The van der Waals surface area contributed by atoms with Gasteiger partial charge < -0.3 is 10.2 Å². The van der Waals surface area contributed by atoms with Crippen LogP contribution in [0.5, 0.6) is 0 Å². The molecule has 1 atom stereocenters. The van der Waals surface area contributed by atoms with Gasteiger partial charge in [-0.2, -0.15) is 35.1 Å². The molecule has 0 heterocycles. The van der Waals surface area contributed by atoms with E-state index in [0.717, 1.165) is 0 Å². The van der Waals surface area contributed by atoms with Gasteiger partial charge in [0.25, 0.3) is 0 Å². The van der Waals surface area contributed by atoms with Crippen LogP contribution in [0.1, 0.15) is 0 Å². The SMILES string of the molecule is O=C(O)C(F)(F)C(F)(F)OC(F)(C(=O)O)C(F)(F)F. The number of alkyl halides is 8. The molecular formula is C6H2F8O5. The lowest BCUT2D eigenvalue weighted by Crippen LogP contribution is -2.59. The average molecular weight is 306 g/mol. The molecule has 1 unspecified atom stereocenters. The minimum absolute atomic E-state index is 1.92. The minimum Gasteiger partial charge on any atom is -0.477 e. The standard InChI is InChI=1S/C6H2F8O5/c7-3(8,1(15)16)6(13,14)19-4(9,2(17)18)5(10,11)12/h(H,15,16)(H,17,18). The van der Waals surface area contributed by atoms with Crippen LogP contribution in [0.2, 0.25) is 0 Å². The Morgan fingerprint density at radius 2 is 1.16 bits per heavy atom. The molecule has 0 aliphatic carbocycles. The van der Waals surface area contributed by atoms with E-state index < -0.39 is 36.0 Å². The second-order valence-electron chi connectivity index (χ2n) is 2.90. The molecule has 2 N–H and O–H groups in total. The van der Waals surface area contributed by atoms with Crippen LogP contribution in [0.15, 0.2) is 0 Å². The molecule has 0 bridgehead atoms. The molecule has 0 aromatic carbocycles. The van der Waals surface area contributed by atoms with Gasteiger partial charge in [0.2, 0.25) is 0 Å². The highest BCUT2D eigenvalue weighted by Gasteiger charge is 2.75. The van der Waals surface area contributed by atoms with Gasteiger partial charge in [-0.25, -0.2) is 9.59 Å². The number of aliphatic carboxylic acids is 2. The Morgan fingerprint density at radius 3 is 1.37 bits per heavy atom. The minimum atomic E-state index is -6.66. The fourth-order valence-corrected chi connectivity index (χ4v) is 0.588. The first-order chi connectivity index (χ1) is 8.09. The number of rotatable bonds is 5. The van der Waals surface area contributed by atoms with Gasteiger partial charge in [-0.15, -0.1) is 0 Å². The molecule has 0 aromatic rings. The Hall–Kier alpha value is -1.66. The Balaban J connectivity index is 5.64. The lowest BCUT2D eigenvalue weighted by atomic mass is 10.2. The summed E-state index contributed by atoms with van der Waals surface area (Å²) < 4.78 is 99.9. The summed E-state index contributed by atoms with van der Waals surface area (Å²) in [6.07, 6.45) is -13.2. The second kappa shape index (κ2) is 4.47. The summed E-state index contributed by atoms with van der Waals surface area (Å²) in [7, 11) is 0. The summed E-state index contributed by atoms with van der Waals surface area (Å²) in [4.78, 5) is 19.6. The molecule has 0 aromatic heterocycles. The third kappa shape index (κ3) is 2.85. The molecule has 0 saturated heterocycles. The van der Waals surface area contributed by atoms with E-state index in [9.17, 15) is 44.7 Å². The first kappa shape index (κ1) is 17.3. The summed E-state index contributed by atoms with van der Waals surface area (Å²) >= 11 is 0. The largest absolute Gasteiger partial charge is 0.477 e. The first-order valence-corrected chi connectivity index (χ1v) is 3.78. The summed E-state index contributed by atoms with van der Waals surface area (Å²) in [6.45, 7) is 0. The molecule has 19 heavy (non-hydrogen) atoms. The quantitative estimate of drug-likeness (QED) is 0.754. The van der Waals surface area contributed by atoms with Crippen molar-refractivity contribution in [3.63, 3.8) is 0 Å². The van der Waals surface area contributed by atoms with Gasteiger partial charge in [0.05, 0.1) is 0 Å². The Labute approximate surface area is 96.9 Å². The highest BCUT2D eigenvalue weighted by atomic mass is 19.4. The maximum atomic E-state index is 12.8. The van der Waals surface area contributed by atoms with Gasteiger partial charge in [0.1, 0.15) is 0 Å². The monoisotopic (exact) mass is 306 g/mol. The molecule has 0 aliphatic rings. The molecule has 0 rings (SSSR count). The van der Waals surface area contributed by atoms with Gasteiger partial charge >= 0.3 is 36.0 Å². The molecule has 13 heteroatoms. The molecule has 0 aliphatic heterocycles. The van der Waals surface area contributed by atoms with Crippen molar-refractivity contribution < 1.29 is 59.7 Å². The summed E-state index contributed by atoms with van der Waals surface area (Å²) in [5.41, 5.74) is 0. The Bertz CT molecular complexity index is 390. The maximum absolute atomic E-state index is 12.8. The van der Waals surface area contributed by atoms with Crippen LogP contribution >= 0.6 is 0 Å². The zero-order chi connectivity index (χ0) is 15.9. The fraction of sp³-hybridized carbons (Fsp3) is 0.667. The molecule has 5 nitrogen and oxygen atoms in total. The topological polar surface area (TPSA) is 83.8 Å². The number of hydrogen-bond acceptors (Lipinski definition) is 3. The molecule has 0 amide bonds. The zero-order valence-corrected chi connectivity index (χ0v) is 8.14. The van der Waals surface area contributed by atoms with Crippen molar-refractivity contribution in [3.05, 3.63) is 0 Å². The van der Waals surface area contributed by atoms with Crippen LogP contribution in [0.3, 0.4) is 0 Å². The number of ether oxygens (including phenoxy) is 1. The average Bonchev–Trinajstić information content (AvgIpc) is 2.13. The molecule has 0 radical (unpaired) electrons. The van der Waals surface area contributed by atoms with Gasteiger partial charge in [0.15, 0.2) is 0 Å². The Morgan fingerprint density at radius 1 is 0.789 bits per heavy atom. The van der Waals surface area contributed by atoms with Crippen LogP contribution in [-0.2, 0) is 14.3 Å². The van der Waals surface area contributed by atoms with E-state index in [0.29, 0.717) is 0 Å². The van der Waals surface area contributed by atoms with E-state index in [-0.39, 0.29) is 0 Å². The van der Waals surface area contributed by atoms with Crippen LogP contribution in [-0.4, -0.2) is 46.2 Å². The maximum Gasteiger partial charge on any atom is 0.460 e. The number of hydrogen-bond donors (Lipinski definition) is 2. The smallest absolute Gasteiger partial charge is 0.460 e. The van der Waals surface area contributed by atoms with Crippen molar-refractivity contribution in [2.24, 2.45) is 0 Å². The fourth-order valence-electron chi connectivity index (χ4n) is 0.588. The number of carboxylic acids is 2. The van der Waals surface area contributed by atoms with Crippen LogP contribution in [0.4, 0.5) is 35.1 Å². The van der Waals surface area contributed by atoms with Crippen molar-refractivity contribution >= 4 is 11.9 Å². The van der Waals surface area contributed by atoms with Gasteiger partial charge in [-0.3, -0.25) is 4.74 Å². The van der Waals surface area contributed by atoms with E-state index in [4.69, 9.17) is 10.2 Å². The zero-order valence-electron chi connectivity index (χ0n) is 8.14. The van der Waals surface area contributed by atoms with E-state index in [1.165, 1.54) is 0 Å². The van der Waals surface area contributed by atoms with Crippen molar-refractivity contribution in [2.45, 2.75) is 24.1 Å². The van der Waals surface area contributed by atoms with Crippen LogP contribution in [0, 0.1) is 0 Å². The summed E-state index contributed by atoms with van der Waals surface area (Å²) in [5, 5.41) is 15.4. The normalized spacial score (nSPS) is 16.8. The Kier molecular flexibility index (Phi) is 4.08. The molecule has 0 saturated carbocycles. The van der Waals surface area contributed by atoms with E-state index in [1.807, 2.05) is 4.74 Å². The molecular weight excluding hydrogens is 304 g/mol. The lowest BCUT2D eigenvalue weighted by molar-refractivity contribution is -0.433. The van der Waals surface area contributed by atoms with Gasteiger partial charge in [-0.05, 0) is 0 Å². The molecule has 112 valence electrons. The predicted octanol–water partition coefficient (Wildman–Crippen LogP) is 1.63. The van der Waals surface area contributed by atoms with Crippen molar-refractivity contribution in [2.75, 3.05) is 0 Å². The van der Waals surface area contributed by atoms with Crippen LogP contribution < -0.4 is 0 Å². The van der Waals surface area contributed by atoms with Gasteiger partial charge in [-0.1, -0.05) is 0 Å². The van der Waals surface area contributed by atoms with E-state index in [2.05, 4.69) is 0 Å². The van der Waals surface area contributed by atoms with E-state index >= 15 is 0 Å². The van der Waals surface area contributed by atoms with Crippen molar-refractivity contribution in [1.82, 2.24) is 0 Å². The second-order valence-corrected chi connectivity index (χ2v) is 2.90. The van der Waals surface area contributed by atoms with Crippen molar-refractivity contribution in [1.29, 1.82) is 0 Å². The summed E-state index contributed by atoms with van der Waals surface area (Å²) in [6, 6.07) is 0. The first-order valence-electron chi connectivity index (χ1n) is 3.78. The predicted molar refractivity (Wildman–Crippen MR) is 36.1 cm³/mol. The third-order valence-electron chi connectivity index (χ3n) is 1.54. The van der Waals surface area contributed by atoms with Crippen LogP contribution in [0.25, 0.3) is 0 Å². The highest BCUT2D eigenvalue weighted by molar-refractivity contribution is 5.78. The van der Waals surface area contributed by atoms with Crippen molar-refractivity contribution in [3.8, 4) is 0 Å².